The van der Waals surface area contributed by atoms with Gasteiger partial charge in [0.2, 0.25) is 0 Å². The van der Waals surface area contributed by atoms with Crippen molar-refractivity contribution in [3.05, 3.63) is 0 Å². The number of morpholine rings is 1. The summed E-state index contributed by atoms with van der Waals surface area (Å²) in [6.45, 7) is 15.1. The molecule has 2 aliphatic rings. The lowest BCUT2D eigenvalue weighted by molar-refractivity contribution is 0.0237. The molecule has 1 saturated heterocycles. The Hall–Kier alpha value is -1.54. The van der Waals surface area contributed by atoms with E-state index in [1.165, 1.54) is 0 Å². The fourth-order valence-electron chi connectivity index (χ4n) is 2.89. The van der Waals surface area contributed by atoms with Crippen LogP contribution in [0.15, 0.2) is 4.99 Å². The summed E-state index contributed by atoms with van der Waals surface area (Å²) in [5.41, 5.74) is -0.465. The van der Waals surface area contributed by atoms with E-state index >= 15 is 0 Å². The smallest absolute Gasteiger partial charge is 0.410 e. The zero-order valence-electron chi connectivity index (χ0n) is 17.4. The molecule has 0 spiro atoms. The van der Waals surface area contributed by atoms with Gasteiger partial charge in [-0.2, -0.15) is 0 Å². The molecule has 2 N–H and O–H groups in total. The molecule has 0 atom stereocenters. The summed E-state index contributed by atoms with van der Waals surface area (Å²) >= 11 is 0. The summed E-state index contributed by atoms with van der Waals surface area (Å²) in [6, 6.07) is 0.322. The Labute approximate surface area is 163 Å². The average molecular weight is 384 g/mol. The predicted molar refractivity (Wildman–Crippen MR) is 107 cm³/mol. The Kier molecular flexibility index (Phi) is 8.63. The number of aliphatic imine (C=N–C) groups is 1. The van der Waals surface area contributed by atoms with E-state index in [-0.39, 0.29) is 6.09 Å². The molecular weight excluding hydrogens is 346 g/mol. The van der Waals surface area contributed by atoms with Crippen LogP contribution in [0.5, 0.6) is 0 Å². The maximum atomic E-state index is 12.4. The highest BCUT2D eigenvalue weighted by Crippen LogP contribution is 2.27. The first-order valence-corrected chi connectivity index (χ1v) is 10.2. The SMILES string of the molecule is CCNC(=NCCN1CCOCC1)NCCN(C(=O)OC(C)(C)C)C1CC1. The standard InChI is InChI=1S/C19H37N5O3/c1-5-20-17(21-8-10-23-12-14-26-15-13-23)22-9-11-24(16-6-7-16)18(25)27-19(2,3)4/h16H,5-15H2,1-4H3,(H2,20,21,22). The van der Waals surface area contributed by atoms with Crippen LogP contribution in [0, 0.1) is 0 Å². The molecule has 2 fully saturated rings. The number of nitrogens with zero attached hydrogens (tertiary/aromatic N) is 3. The van der Waals surface area contributed by atoms with Crippen LogP contribution in [0.1, 0.15) is 40.5 Å². The second-order valence-corrected chi connectivity index (χ2v) is 8.05. The van der Waals surface area contributed by atoms with Gasteiger partial charge in [-0.25, -0.2) is 4.79 Å². The van der Waals surface area contributed by atoms with Crippen molar-refractivity contribution in [3.8, 4) is 0 Å². The number of amides is 1. The second-order valence-electron chi connectivity index (χ2n) is 8.05. The summed E-state index contributed by atoms with van der Waals surface area (Å²) < 4.78 is 10.9. The van der Waals surface area contributed by atoms with Gasteiger partial charge in [0, 0.05) is 45.3 Å². The number of hydrogen-bond acceptors (Lipinski definition) is 5. The molecule has 156 valence electrons. The highest BCUT2D eigenvalue weighted by molar-refractivity contribution is 5.79. The summed E-state index contributed by atoms with van der Waals surface area (Å²) in [7, 11) is 0. The van der Waals surface area contributed by atoms with Gasteiger partial charge in [0.05, 0.1) is 19.8 Å². The monoisotopic (exact) mass is 383 g/mol. The van der Waals surface area contributed by atoms with Gasteiger partial charge in [-0.1, -0.05) is 0 Å². The number of ether oxygens (including phenoxy) is 2. The van der Waals surface area contributed by atoms with Gasteiger partial charge in [-0.15, -0.1) is 0 Å². The van der Waals surface area contributed by atoms with E-state index in [9.17, 15) is 4.79 Å². The van der Waals surface area contributed by atoms with Gasteiger partial charge < -0.3 is 25.0 Å². The number of guanidine groups is 1. The molecule has 0 aromatic carbocycles. The molecule has 0 radical (unpaired) electrons. The van der Waals surface area contributed by atoms with Crippen molar-refractivity contribution in [2.75, 3.05) is 59.0 Å². The Balaban J connectivity index is 1.75. The van der Waals surface area contributed by atoms with Crippen molar-refractivity contribution in [2.45, 2.75) is 52.2 Å². The Morgan fingerprint density at radius 2 is 1.96 bits per heavy atom. The Bertz CT molecular complexity index is 482. The zero-order chi connectivity index (χ0) is 19.7. The van der Waals surface area contributed by atoms with Crippen molar-refractivity contribution >= 4 is 12.1 Å². The van der Waals surface area contributed by atoms with E-state index in [0.717, 1.165) is 64.7 Å². The van der Waals surface area contributed by atoms with Gasteiger partial charge in [-0.05, 0) is 40.5 Å². The molecule has 1 aliphatic heterocycles. The number of rotatable bonds is 8. The third kappa shape index (κ3) is 8.79. The van der Waals surface area contributed by atoms with Crippen molar-refractivity contribution < 1.29 is 14.3 Å². The van der Waals surface area contributed by atoms with Crippen LogP contribution in [-0.2, 0) is 9.47 Å². The average Bonchev–Trinajstić information content (AvgIpc) is 3.42. The predicted octanol–water partition coefficient (Wildman–Crippen LogP) is 1.27. The van der Waals surface area contributed by atoms with Gasteiger partial charge >= 0.3 is 6.09 Å². The third-order valence-electron chi connectivity index (χ3n) is 4.39. The molecule has 0 aromatic heterocycles. The summed E-state index contributed by atoms with van der Waals surface area (Å²) in [5, 5.41) is 6.60. The van der Waals surface area contributed by atoms with Crippen LogP contribution < -0.4 is 10.6 Å². The first kappa shape index (κ1) is 21.8. The summed E-state index contributed by atoms with van der Waals surface area (Å²) in [5.74, 6) is 0.797. The van der Waals surface area contributed by atoms with Crippen molar-refractivity contribution in [1.29, 1.82) is 0 Å². The van der Waals surface area contributed by atoms with Gasteiger partial charge in [0.25, 0.3) is 0 Å². The molecule has 27 heavy (non-hydrogen) atoms. The topological polar surface area (TPSA) is 78.4 Å². The Morgan fingerprint density at radius 3 is 2.56 bits per heavy atom. The van der Waals surface area contributed by atoms with Crippen molar-refractivity contribution in [3.63, 3.8) is 0 Å². The largest absolute Gasteiger partial charge is 0.444 e. The second kappa shape index (κ2) is 10.7. The fraction of sp³-hybridized carbons (Fsp3) is 0.895. The third-order valence-corrected chi connectivity index (χ3v) is 4.39. The van der Waals surface area contributed by atoms with Crippen LogP contribution in [0.4, 0.5) is 4.79 Å². The lowest BCUT2D eigenvalue weighted by atomic mass is 10.2. The number of nitrogens with one attached hydrogen (secondary N) is 2. The number of carbonyl (C=O) groups excluding carboxylic acids is 1. The molecule has 1 saturated carbocycles. The molecule has 1 aliphatic carbocycles. The quantitative estimate of drug-likeness (QED) is 0.486. The number of hydrogen-bond donors (Lipinski definition) is 2. The summed E-state index contributed by atoms with van der Waals surface area (Å²) in [4.78, 5) is 21.3. The molecule has 0 bridgehead atoms. The lowest BCUT2D eigenvalue weighted by Crippen LogP contribution is -2.45. The van der Waals surface area contributed by atoms with Gasteiger partial charge in [0.1, 0.15) is 5.60 Å². The summed E-state index contributed by atoms with van der Waals surface area (Å²) in [6.07, 6.45) is 1.90. The van der Waals surface area contributed by atoms with E-state index in [4.69, 9.17) is 9.47 Å². The first-order valence-electron chi connectivity index (χ1n) is 10.2. The molecule has 0 unspecified atom stereocenters. The zero-order valence-corrected chi connectivity index (χ0v) is 17.4. The first-order chi connectivity index (χ1) is 12.9. The minimum atomic E-state index is -0.465. The lowest BCUT2D eigenvalue weighted by Gasteiger charge is -2.27. The molecule has 2 rings (SSSR count). The molecule has 1 amide bonds. The van der Waals surface area contributed by atoms with Gasteiger partial charge in [0.15, 0.2) is 5.96 Å². The highest BCUT2D eigenvalue weighted by atomic mass is 16.6. The molecule has 8 heteroatoms. The van der Waals surface area contributed by atoms with Crippen molar-refractivity contribution in [1.82, 2.24) is 20.4 Å². The minimum absolute atomic E-state index is 0.221. The molecular formula is C19H37N5O3. The van der Waals surface area contributed by atoms with E-state index in [0.29, 0.717) is 19.1 Å². The van der Waals surface area contributed by atoms with E-state index in [1.807, 2.05) is 25.7 Å². The van der Waals surface area contributed by atoms with E-state index in [1.54, 1.807) is 0 Å². The molecule has 1 heterocycles. The van der Waals surface area contributed by atoms with Crippen LogP contribution in [0.3, 0.4) is 0 Å². The van der Waals surface area contributed by atoms with Crippen LogP contribution >= 0.6 is 0 Å². The maximum Gasteiger partial charge on any atom is 0.410 e. The molecule has 0 aromatic rings. The highest BCUT2D eigenvalue weighted by Gasteiger charge is 2.34. The van der Waals surface area contributed by atoms with Crippen LogP contribution in [0.25, 0.3) is 0 Å². The normalized spacial score (nSPS) is 18.9. The fourth-order valence-corrected chi connectivity index (χ4v) is 2.89. The van der Waals surface area contributed by atoms with Crippen molar-refractivity contribution in [2.24, 2.45) is 4.99 Å². The van der Waals surface area contributed by atoms with Gasteiger partial charge in [-0.3, -0.25) is 9.89 Å². The van der Waals surface area contributed by atoms with E-state index in [2.05, 4.69) is 27.4 Å². The van der Waals surface area contributed by atoms with Crippen LogP contribution in [0.2, 0.25) is 0 Å². The number of carbonyl (C=O) groups is 1. The molecule has 8 nitrogen and oxygen atoms in total. The van der Waals surface area contributed by atoms with Crippen LogP contribution in [-0.4, -0.2) is 92.5 Å². The Morgan fingerprint density at radius 1 is 1.26 bits per heavy atom. The minimum Gasteiger partial charge on any atom is -0.444 e. The maximum absolute atomic E-state index is 12.4. The van der Waals surface area contributed by atoms with E-state index < -0.39 is 5.60 Å².